The lowest BCUT2D eigenvalue weighted by atomic mass is 9.88. The van der Waals surface area contributed by atoms with E-state index < -0.39 is 0 Å². The van der Waals surface area contributed by atoms with E-state index in [1.807, 2.05) is 6.20 Å². The van der Waals surface area contributed by atoms with E-state index in [2.05, 4.69) is 66.6 Å². The largest absolute Gasteiger partial charge is 0.316 e. The molecule has 21 heavy (non-hydrogen) atoms. The predicted molar refractivity (Wildman–Crippen MR) is 88.5 cm³/mol. The highest BCUT2D eigenvalue weighted by molar-refractivity contribution is 5.20. The van der Waals surface area contributed by atoms with Crippen LogP contribution in [0.1, 0.15) is 43.0 Å². The lowest BCUT2D eigenvalue weighted by Gasteiger charge is -2.22. The van der Waals surface area contributed by atoms with Crippen molar-refractivity contribution in [3.05, 3.63) is 53.3 Å². The number of nitrogens with zero attached hydrogens (tertiary/aromatic N) is 1. The smallest absolute Gasteiger partial charge is 0.0522 e. The number of rotatable bonds is 8. The van der Waals surface area contributed by atoms with Crippen LogP contribution >= 0.6 is 0 Å². The number of nitrogens with one attached hydrogen (secondary N) is 2. The van der Waals surface area contributed by atoms with Crippen LogP contribution in [-0.4, -0.2) is 23.3 Å². The number of aromatic nitrogens is 2. The molecule has 2 aromatic rings. The van der Waals surface area contributed by atoms with E-state index in [9.17, 15) is 0 Å². The van der Waals surface area contributed by atoms with Crippen LogP contribution in [0.15, 0.2) is 36.5 Å². The van der Waals surface area contributed by atoms with E-state index in [0.29, 0.717) is 11.8 Å². The number of hydrogen-bond donors (Lipinski definition) is 2. The van der Waals surface area contributed by atoms with Gasteiger partial charge in [0.2, 0.25) is 0 Å². The van der Waals surface area contributed by atoms with Crippen molar-refractivity contribution in [3.8, 4) is 0 Å². The Morgan fingerprint density at radius 1 is 1.19 bits per heavy atom. The van der Waals surface area contributed by atoms with E-state index in [1.54, 1.807) is 0 Å². The number of H-pyrrole nitrogens is 1. The molecular weight excluding hydrogens is 258 g/mol. The van der Waals surface area contributed by atoms with Crippen molar-refractivity contribution in [3.63, 3.8) is 0 Å². The van der Waals surface area contributed by atoms with Crippen LogP contribution in [0.3, 0.4) is 0 Å². The number of benzene rings is 1. The summed E-state index contributed by atoms with van der Waals surface area (Å²) < 4.78 is 0. The van der Waals surface area contributed by atoms with Gasteiger partial charge < -0.3 is 5.32 Å². The third-order valence-corrected chi connectivity index (χ3v) is 4.13. The molecule has 0 saturated carbocycles. The molecule has 0 saturated heterocycles. The van der Waals surface area contributed by atoms with Crippen LogP contribution in [0.25, 0.3) is 0 Å². The van der Waals surface area contributed by atoms with Gasteiger partial charge in [0, 0.05) is 12.2 Å². The van der Waals surface area contributed by atoms with Gasteiger partial charge in [-0.1, -0.05) is 44.2 Å². The van der Waals surface area contributed by atoms with E-state index in [0.717, 1.165) is 25.9 Å². The molecule has 0 aliphatic heterocycles. The third kappa shape index (κ3) is 4.71. The molecule has 1 atom stereocenters. The van der Waals surface area contributed by atoms with Crippen LogP contribution in [0.4, 0.5) is 0 Å². The minimum atomic E-state index is 0.585. The third-order valence-electron chi connectivity index (χ3n) is 4.13. The fraction of sp³-hybridized carbons (Fsp3) is 0.500. The lowest BCUT2D eigenvalue weighted by Crippen LogP contribution is -2.25. The van der Waals surface area contributed by atoms with Gasteiger partial charge in [0.05, 0.1) is 6.20 Å². The maximum absolute atomic E-state index is 4.07. The van der Waals surface area contributed by atoms with Crippen molar-refractivity contribution in [2.75, 3.05) is 13.1 Å². The standard InChI is InChI=1S/C18H27N3/c1-14(2)18(16-8-5-4-6-9-16)13-19-11-7-10-17-12-20-21-15(17)3/h4-6,8-9,12,14,18-19H,7,10-11,13H2,1-3H3,(H,20,21). The monoisotopic (exact) mass is 285 g/mol. The fourth-order valence-corrected chi connectivity index (χ4v) is 2.73. The summed E-state index contributed by atoms with van der Waals surface area (Å²) in [5.74, 6) is 1.23. The van der Waals surface area contributed by atoms with E-state index in [4.69, 9.17) is 0 Å². The van der Waals surface area contributed by atoms with Crippen molar-refractivity contribution in [1.29, 1.82) is 0 Å². The van der Waals surface area contributed by atoms with Gasteiger partial charge in [0.15, 0.2) is 0 Å². The zero-order valence-electron chi connectivity index (χ0n) is 13.4. The highest BCUT2D eigenvalue weighted by atomic mass is 15.1. The van der Waals surface area contributed by atoms with E-state index >= 15 is 0 Å². The van der Waals surface area contributed by atoms with Crippen molar-refractivity contribution < 1.29 is 0 Å². The molecule has 0 amide bonds. The Kier molecular flexibility index (Phi) is 6.00. The second-order valence-corrected chi connectivity index (χ2v) is 6.09. The van der Waals surface area contributed by atoms with Crippen molar-refractivity contribution in [2.24, 2.45) is 5.92 Å². The van der Waals surface area contributed by atoms with Gasteiger partial charge in [0.25, 0.3) is 0 Å². The molecule has 0 radical (unpaired) electrons. The molecule has 1 aromatic heterocycles. The topological polar surface area (TPSA) is 40.7 Å². The molecule has 1 unspecified atom stereocenters. The van der Waals surface area contributed by atoms with E-state index in [1.165, 1.54) is 16.8 Å². The summed E-state index contributed by atoms with van der Waals surface area (Å²) in [6.45, 7) is 8.79. The summed E-state index contributed by atoms with van der Waals surface area (Å²) in [5, 5.41) is 10.7. The molecule has 114 valence electrons. The molecule has 0 bridgehead atoms. The molecule has 3 heteroatoms. The summed E-state index contributed by atoms with van der Waals surface area (Å²) in [6.07, 6.45) is 4.18. The number of hydrogen-bond acceptors (Lipinski definition) is 2. The zero-order chi connectivity index (χ0) is 15.1. The minimum Gasteiger partial charge on any atom is -0.316 e. The minimum absolute atomic E-state index is 0.585. The van der Waals surface area contributed by atoms with Crippen molar-refractivity contribution in [1.82, 2.24) is 15.5 Å². The van der Waals surface area contributed by atoms with Crippen LogP contribution in [0.5, 0.6) is 0 Å². The average Bonchev–Trinajstić information content (AvgIpc) is 2.89. The average molecular weight is 285 g/mol. The van der Waals surface area contributed by atoms with Crippen molar-refractivity contribution >= 4 is 0 Å². The molecule has 2 N–H and O–H groups in total. The normalized spacial score (nSPS) is 12.8. The number of aryl methyl sites for hydroxylation is 2. The van der Waals surface area contributed by atoms with Gasteiger partial charge in [-0.05, 0) is 49.3 Å². The van der Waals surface area contributed by atoms with Gasteiger partial charge in [-0.25, -0.2) is 0 Å². The number of aromatic amines is 1. The summed E-state index contributed by atoms with van der Waals surface area (Å²) in [5.41, 5.74) is 3.96. The Bertz CT molecular complexity index is 516. The SMILES string of the molecule is Cc1[nH]ncc1CCCNCC(c1ccccc1)C(C)C. The van der Waals surface area contributed by atoms with Crippen molar-refractivity contribution in [2.45, 2.75) is 39.5 Å². The Morgan fingerprint density at radius 2 is 1.95 bits per heavy atom. The van der Waals surface area contributed by atoms with Crippen LogP contribution in [0, 0.1) is 12.8 Å². The summed E-state index contributed by atoms with van der Waals surface area (Å²) in [6, 6.07) is 10.8. The fourth-order valence-electron chi connectivity index (χ4n) is 2.73. The second kappa shape index (κ2) is 7.99. The molecule has 3 nitrogen and oxygen atoms in total. The van der Waals surface area contributed by atoms with Crippen LogP contribution in [0.2, 0.25) is 0 Å². The second-order valence-electron chi connectivity index (χ2n) is 6.09. The molecule has 0 aliphatic rings. The quantitative estimate of drug-likeness (QED) is 0.726. The summed E-state index contributed by atoms with van der Waals surface area (Å²) in [4.78, 5) is 0. The molecular formula is C18H27N3. The first-order chi connectivity index (χ1) is 10.2. The highest BCUT2D eigenvalue weighted by Crippen LogP contribution is 2.23. The molecule has 0 aliphatic carbocycles. The maximum Gasteiger partial charge on any atom is 0.0522 e. The Balaban J connectivity index is 1.74. The summed E-state index contributed by atoms with van der Waals surface area (Å²) in [7, 11) is 0. The van der Waals surface area contributed by atoms with Gasteiger partial charge in [-0.15, -0.1) is 0 Å². The maximum atomic E-state index is 4.07. The molecule has 1 heterocycles. The molecule has 2 rings (SSSR count). The predicted octanol–water partition coefficient (Wildman–Crippen LogP) is 3.68. The van der Waals surface area contributed by atoms with Crippen LogP contribution in [-0.2, 0) is 6.42 Å². The Morgan fingerprint density at radius 3 is 2.57 bits per heavy atom. The summed E-state index contributed by atoms with van der Waals surface area (Å²) >= 11 is 0. The highest BCUT2D eigenvalue weighted by Gasteiger charge is 2.14. The van der Waals surface area contributed by atoms with Gasteiger partial charge in [-0.2, -0.15) is 5.10 Å². The Labute approximate surface area is 128 Å². The molecule has 1 aromatic carbocycles. The van der Waals surface area contributed by atoms with E-state index in [-0.39, 0.29) is 0 Å². The van der Waals surface area contributed by atoms with Gasteiger partial charge >= 0.3 is 0 Å². The molecule has 0 fully saturated rings. The zero-order valence-corrected chi connectivity index (χ0v) is 13.4. The first-order valence-electron chi connectivity index (χ1n) is 7.93. The lowest BCUT2D eigenvalue weighted by molar-refractivity contribution is 0.459. The van der Waals surface area contributed by atoms with Gasteiger partial charge in [-0.3, -0.25) is 5.10 Å². The Hall–Kier alpha value is -1.61. The van der Waals surface area contributed by atoms with Crippen LogP contribution < -0.4 is 5.32 Å². The van der Waals surface area contributed by atoms with Gasteiger partial charge in [0.1, 0.15) is 0 Å². The molecule has 0 spiro atoms. The first kappa shape index (κ1) is 15.8. The first-order valence-corrected chi connectivity index (χ1v) is 7.93.